The van der Waals surface area contributed by atoms with Gasteiger partial charge in [-0.05, 0) is 56.7 Å². The number of hydrogen-bond donors (Lipinski definition) is 1. The van der Waals surface area contributed by atoms with E-state index in [0.29, 0.717) is 6.54 Å². The van der Waals surface area contributed by atoms with E-state index in [1.807, 2.05) is 18.7 Å². The number of nitrogens with zero attached hydrogens (tertiary/aromatic N) is 3. The predicted molar refractivity (Wildman–Crippen MR) is 99.2 cm³/mol. The average Bonchev–Trinajstić information content (AvgIpc) is 3.02. The highest BCUT2D eigenvalue weighted by molar-refractivity contribution is 7.18. The molecule has 3 rings (SSSR count). The summed E-state index contributed by atoms with van der Waals surface area (Å²) in [6.07, 6.45) is 4.33. The Morgan fingerprint density at radius 2 is 2.12 bits per heavy atom. The minimum atomic E-state index is 0.0423. The van der Waals surface area contributed by atoms with Crippen LogP contribution < -0.4 is 10.2 Å². The van der Waals surface area contributed by atoms with Crippen molar-refractivity contribution in [3.8, 4) is 0 Å². The molecule has 3 heterocycles. The lowest BCUT2D eigenvalue weighted by atomic mass is 10.1. The van der Waals surface area contributed by atoms with Crippen molar-refractivity contribution in [3.05, 3.63) is 33.5 Å². The van der Waals surface area contributed by atoms with Crippen molar-refractivity contribution < 1.29 is 4.79 Å². The highest BCUT2D eigenvalue weighted by Crippen LogP contribution is 2.34. The summed E-state index contributed by atoms with van der Waals surface area (Å²) in [5, 5.41) is 8.76. The maximum absolute atomic E-state index is 12.5. The molecule has 5 nitrogen and oxygen atoms in total. The third-order valence-corrected chi connectivity index (χ3v) is 6.16. The summed E-state index contributed by atoms with van der Waals surface area (Å²) in [6, 6.07) is 2.08. The maximum Gasteiger partial charge on any atom is 0.261 e. The van der Waals surface area contributed by atoms with Gasteiger partial charge in [-0.2, -0.15) is 5.10 Å². The lowest BCUT2D eigenvalue weighted by Gasteiger charge is -2.15. The molecule has 0 aromatic carbocycles. The SMILES string of the molecule is Cc1nn(C)c(C)c1CCNC(=O)c1cc2c(s1)N(C)CCCC2. The lowest BCUT2D eigenvalue weighted by Crippen LogP contribution is -2.25. The van der Waals surface area contributed by atoms with Gasteiger partial charge in [0.05, 0.1) is 15.6 Å². The number of rotatable bonds is 4. The van der Waals surface area contributed by atoms with E-state index in [1.54, 1.807) is 11.3 Å². The number of carbonyl (C=O) groups excluding carboxylic acids is 1. The molecule has 0 aliphatic carbocycles. The zero-order chi connectivity index (χ0) is 17.3. The van der Waals surface area contributed by atoms with E-state index >= 15 is 0 Å². The van der Waals surface area contributed by atoms with E-state index < -0.39 is 0 Å². The molecule has 0 radical (unpaired) electrons. The molecule has 1 aliphatic heterocycles. The molecule has 0 fully saturated rings. The molecular weight excluding hydrogens is 320 g/mol. The van der Waals surface area contributed by atoms with Crippen molar-refractivity contribution in [3.63, 3.8) is 0 Å². The van der Waals surface area contributed by atoms with Crippen LogP contribution in [0.5, 0.6) is 0 Å². The van der Waals surface area contributed by atoms with Gasteiger partial charge in [0.1, 0.15) is 0 Å². The molecule has 1 amide bonds. The normalized spacial score (nSPS) is 14.4. The monoisotopic (exact) mass is 346 g/mol. The molecule has 1 N–H and O–H groups in total. The fraction of sp³-hybridized carbons (Fsp3) is 0.556. The van der Waals surface area contributed by atoms with Crippen LogP contribution in [0.4, 0.5) is 5.00 Å². The Bertz CT molecular complexity index is 747. The summed E-state index contributed by atoms with van der Waals surface area (Å²) in [6.45, 7) is 5.82. The van der Waals surface area contributed by atoms with Crippen molar-refractivity contribution in [1.29, 1.82) is 0 Å². The van der Waals surface area contributed by atoms with Crippen LogP contribution in [0.3, 0.4) is 0 Å². The molecule has 0 spiro atoms. The third-order valence-electron chi connectivity index (χ3n) is 4.87. The van der Waals surface area contributed by atoms with Gasteiger partial charge in [0, 0.05) is 32.9 Å². The molecule has 0 atom stereocenters. The molecule has 0 unspecified atom stereocenters. The minimum Gasteiger partial charge on any atom is -0.366 e. The van der Waals surface area contributed by atoms with Crippen molar-refractivity contribution in [2.75, 3.05) is 25.0 Å². The first kappa shape index (κ1) is 17.0. The molecule has 2 aromatic rings. The number of hydrogen-bond acceptors (Lipinski definition) is 4. The molecule has 0 bridgehead atoms. The van der Waals surface area contributed by atoms with Gasteiger partial charge >= 0.3 is 0 Å². The van der Waals surface area contributed by atoms with E-state index in [9.17, 15) is 4.79 Å². The second kappa shape index (κ2) is 6.97. The maximum atomic E-state index is 12.5. The Labute approximate surface area is 147 Å². The first-order valence-electron chi connectivity index (χ1n) is 8.58. The summed E-state index contributed by atoms with van der Waals surface area (Å²) >= 11 is 1.62. The largest absolute Gasteiger partial charge is 0.366 e. The van der Waals surface area contributed by atoms with Crippen LogP contribution in [-0.2, 0) is 19.9 Å². The Kier molecular flexibility index (Phi) is 4.94. The number of anilines is 1. The van der Waals surface area contributed by atoms with Crippen molar-refractivity contribution >= 4 is 22.2 Å². The van der Waals surface area contributed by atoms with Gasteiger partial charge in [-0.3, -0.25) is 9.48 Å². The van der Waals surface area contributed by atoms with Crippen molar-refractivity contribution in [1.82, 2.24) is 15.1 Å². The molecule has 1 aliphatic rings. The second-order valence-corrected chi connectivity index (χ2v) is 7.63. The van der Waals surface area contributed by atoms with Crippen LogP contribution in [0.1, 0.15) is 45.0 Å². The zero-order valence-electron chi connectivity index (χ0n) is 15.0. The van der Waals surface area contributed by atoms with Crippen LogP contribution in [0.2, 0.25) is 0 Å². The van der Waals surface area contributed by atoms with E-state index in [2.05, 4.69) is 35.4 Å². The summed E-state index contributed by atoms with van der Waals surface area (Å²) in [4.78, 5) is 15.6. The van der Waals surface area contributed by atoms with Gasteiger partial charge in [0.15, 0.2) is 0 Å². The van der Waals surface area contributed by atoms with Gasteiger partial charge in [-0.1, -0.05) is 0 Å². The number of carbonyl (C=O) groups is 1. The minimum absolute atomic E-state index is 0.0423. The third kappa shape index (κ3) is 3.34. The van der Waals surface area contributed by atoms with Crippen LogP contribution in [0.15, 0.2) is 6.07 Å². The fourth-order valence-electron chi connectivity index (χ4n) is 3.37. The van der Waals surface area contributed by atoms with Crippen LogP contribution in [0, 0.1) is 13.8 Å². The highest BCUT2D eigenvalue weighted by Gasteiger charge is 2.19. The first-order valence-corrected chi connectivity index (χ1v) is 9.40. The van der Waals surface area contributed by atoms with E-state index in [0.717, 1.165) is 30.0 Å². The highest BCUT2D eigenvalue weighted by atomic mass is 32.1. The van der Waals surface area contributed by atoms with Crippen LogP contribution >= 0.6 is 11.3 Å². The molecule has 130 valence electrons. The number of nitrogens with one attached hydrogen (secondary N) is 1. The quantitative estimate of drug-likeness (QED) is 0.926. The van der Waals surface area contributed by atoms with Gasteiger partial charge < -0.3 is 10.2 Å². The lowest BCUT2D eigenvalue weighted by molar-refractivity contribution is 0.0958. The standard InChI is InChI=1S/C18H26N4OS/c1-12-15(13(2)22(4)20-12)8-9-19-17(23)16-11-14-7-5-6-10-21(3)18(14)24-16/h11H,5-10H2,1-4H3,(H,19,23). The Balaban J connectivity index is 1.62. The Morgan fingerprint density at radius 3 is 2.83 bits per heavy atom. The molecule has 6 heteroatoms. The molecule has 2 aromatic heterocycles. The van der Waals surface area contributed by atoms with Gasteiger partial charge in [-0.15, -0.1) is 11.3 Å². The summed E-state index contributed by atoms with van der Waals surface area (Å²) in [7, 11) is 4.08. The van der Waals surface area contributed by atoms with Crippen LogP contribution in [-0.4, -0.2) is 35.8 Å². The van der Waals surface area contributed by atoms with Gasteiger partial charge in [0.25, 0.3) is 5.91 Å². The summed E-state index contributed by atoms with van der Waals surface area (Å²) in [5.74, 6) is 0.0423. The van der Waals surface area contributed by atoms with Gasteiger partial charge in [0.2, 0.25) is 0 Å². The Hall–Kier alpha value is -1.82. The number of amides is 1. The summed E-state index contributed by atoms with van der Waals surface area (Å²) in [5.41, 5.74) is 4.78. The Morgan fingerprint density at radius 1 is 1.33 bits per heavy atom. The first-order chi connectivity index (χ1) is 11.5. The predicted octanol–water partition coefficient (Wildman–Crippen LogP) is 2.84. The second-order valence-electron chi connectivity index (χ2n) is 6.60. The van der Waals surface area contributed by atoms with E-state index in [1.165, 1.54) is 34.7 Å². The van der Waals surface area contributed by atoms with Crippen LogP contribution in [0.25, 0.3) is 0 Å². The molecular formula is C18H26N4OS. The molecule has 0 saturated heterocycles. The summed E-state index contributed by atoms with van der Waals surface area (Å²) < 4.78 is 1.90. The average molecular weight is 347 g/mol. The van der Waals surface area contributed by atoms with Crippen molar-refractivity contribution in [2.24, 2.45) is 7.05 Å². The van der Waals surface area contributed by atoms with E-state index in [-0.39, 0.29) is 5.91 Å². The number of thiophene rings is 1. The number of aromatic nitrogens is 2. The number of aryl methyl sites for hydroxylation is 3. The van der Waals surface area contributed by atoms with E-state index in [4.69, 9.17) is 0 Å². The topological polar surface area (TPSA) is 50.2 Å². The molecule has 0 saturated carbocycles. The molecule has 24 heavy (non-hydrogen) atoms. The zero-order valence-corrected chi connectivity index (χ0v) is 15.8. The number of fused-ring (bicyclic) bond motifs is 1. The fourth-order valence-corrected chi connectivity index (χ4v) is 4.48. The smallest absolute Gasteiger partial charge is 0.261 e. The van der Waals surface area contributed by atoms with Gasteiger partial charge in [-0.25, -0.2) is 0 Å². The van der Waals surface area contributed by atoms with Crippen molar-refractivity contribution in [2.45, 2.75) is 39.5 Å².